The van der Waals surface area contributed by atoms with E-state index in [0.717, 1.165) is 0 Å². The molecule has 24 heavy (non-hydrogen) atoms. The highest BCUT2D eigenvalue weighted by Gasteiger charge is 2.13. The topological polar surface area (TPSA) is 77.2 Å². The minimum absolute atomic E-state index is 0.0267. The van der Waals surface area contributed by atoms with Crippen molar-refractivity contribution >= 4 is 23.5 Å². The van der Waals surface area contributed by atoms with Gasteiger partial charge in [-0.05, 0) is 55.5 Å². The van der Waals surface area contributed by atoms with Gasteiger partial charge in [-0.15, -0.1) is 5.10 Å². The van der Waals surface area contributed by atoms with E-state index >= 15 is 0 Å². The second-order valence-corrected chi connectivity index (χ2v) is 5.27. The van der Waals surface area contributed by atoms with Gasteiger partial charge in [-0.3, -0.25) is 10.1 Å². The van der Waals surface area contributed by atoms with Gasteiger partial charge in [-0.2, -0.15) is 0 Å². The largest absolute Gasteiger partial charge is 0.494 e. The molecule has 0 aliphatic carbocycles. The summed E-state index contributed by atoms with van der Waals surface area (Å²) in [7, 11) is 0. The van der Waals surface area contributed by atoms with Crippen LogP contribution < -0.4 is 10.1 Å². The van der Waals surface area contributed by atoms with Crippen LogP contribution in [0.4, 0.5) is 6.01 Å². The van der Waals surface area contributed by atoms with Crippen LogP contribution >= 0.6 is 11.6 Å². The van der Waals surface area contributed by atoms with Crippen molar-refractivity contribution in [2.75, 3.05) is 11.9 Å². The molecule has 6 nitrogen and oxygen atoms in total. The molecule has 1 N–H and O–H groups in total. The molecule has 0 fully saturated rings. The molecule has 0 radical (unpaired) electrons. The van der Waals surface area contributed by atoms with Crippen LogP contribution in [0.25, 0.3) is 11.5 Å². The maximum Gasteiger partial charge on any atom is 0.322 e. The van der Waals surface area contributed by atoms with Crippen molar-refractivity contribution in [3.8, 4) is 17.2 Å². The zero-order valence-corrected chi connectivity index (χ0v) is 13.6. The van der Waals surface area contributed by atoms with E-state index in [9.17, 15) is 4.79 Å². The summed E-state index contributed by atoms with van der Waals surface area (Å²) in [5.74, 6) is 0.662. The van der Waals surface area contributed by atoms with Crippen molar-refractivity contribution in [1.29, 1.82) is 0 Å². The van der Waals surface area contributed by atoms with E-state index < -0.39 is 0 Å². The van der Waals surface area contributed by atoms with Crippen molar-refractivity contribution in [2.45, 2.75) is 6.92 Å². The Morgan fingerprint density at radius 1 is 1.12 bits per heavy atom. The molecule has 0 aliphatic rings. The number of carbonyl (C=O) groups excluding carboxylic acids is 1. The summed E-state index contributed by atoms with van der Waals surface area (Å²) >= 11 is 5.84. The lowest BCUT2D eigenvalue weighted by Crippen LogP contribution is -2.12. The van der Waals surface area contributed by atoms with E-state index in [2.05, 4.69) is 15.5 Å². The number of aromatic nitrogens is 2. The van der Waals surface area contributed by atoms with Crippen LogP contribution in [-0.2, 0) is 0 Å². The maximum atomic E-state index is 12.2. The number of nitrogens with zero attached hydrogens (tertiary/aromatic N) is 2. The lowest BCUT2D eigenvalue weighted by molar-refractivity contribution is 0.102. The second-order valence-electron chi connectivity index (χ2n) is 4.83. The summed E-state index contributed by atoms with van der Waals surface area (Å²) in [4.78, 5) is 12.2. The molecule has 2 aromatic carbocycles. The molecule has 0 aliphatic heterocycles. The Morgan fingerprint density at radius 3 is 2.50 bits per heavy atom. The minimum atomic E-state index is -0.343. The number of hydrogen-bond acceptors (Lipinski definition) is 5. The second kappa shape index (κ2) is 7.14. The molecule has 1 amide bonds. The lowest BCUT2D eigenvalue weighted by Gasteiger charge is -2.04. The number of amides is 1. The summed E-state index contributed by atoms with van der Waals surface area (Å²) in [6, 6.07) is 13.8. The van der Waals surface area contributed by atoms with Gasteiger partial charge in [-0.1, -0.05) is 16.7 Å². The van der Waals surface area contributed by atoms with Crippen LogP contribution in [0.1, 0.15) is 17.3 Å². The first kappa shape index (κ1) is 16.0. The van der Waals surface area contributed by atoms with Crippen molar-refractivity contribution in [3.05, 3.63) is 59.1 Å². The molecule has 0 saturated heterocycles. The first-order valence-electron chi connectivity index (χ1n) is 7.29. The Morgan fingerprint density at radius 2 is 1.83 bits per heavy atom. The number of ether oxygens (including phenoxy) is 1. The van der Waals surface area contributed by atoms with E-state index in [0.29, 0.717) is 34.4 Å². The third kappa shape index (κ3) is 3.72. The predicted octanol–water partition coefficient (Wildman–Crippen LogP) is 4.04. The molecule has 0 unspecified atom stereocenters. The number of halogens is 1. The quantitative estimate of drug-likeness (QED) is 0.756. The highest BCUT2D eigenvalue weighted by Crippen LogP contribution is 2.22. The van der Waals surface area contributed by atoms with Gasteiger partial charge in [0, 0.05) is 16.1 Å². The lowest BCUT2D eigenvalue weighted by atomic mass is 10.2. The fourth-order valence-corrected chi connectivity index (χ4v) is 2.15. The first-order valence-corrected chi connectivity index (χ1v) is 7.67. The monoisotopic (exact) mass is 343 g/mol. The number of rotatable bonds is 5. The van der Waals surface area contributed by atoms with Gasteiger partial charge in [0.1, 0.15) is 5.75 Å². The molecular weight excluding hydrogens is 330 g/mol. The van der Waals surface area contributed by atoms with E-state index in [1.54, 1.807) is 48.5 Å². The molecule has 0 atom stereocenters. The average Bonchev–Trinajstić information content (AvgIpc) is 3.05. The van der Waals surface area contributed by atoms with E-state index in [1.807, 2.05) is 6.92 Å². The van der Waals surface area contributed by atoms with Crippen molar-refractivity contribution in [1.82, 2.24) is 10.2 Å². The Hall–Kier alpha value is -2.86. The minimum Gasteiger partial charge on any atom is -0.494 e. The molecular formula is C17H14ClN3O3. The Kier molecular flexibility index (Phi) is 4.77. The molecule has 3 aromatic rings. The normalized spacial score (nSPS) is 10.4. The van der Waals surface area contributed by atoms with E-state index in [4.69, 9.17) is 20.8 Å². The van der Waals surface area contributed by atoms with Crippen LogP contribution in [-0.4, -0.2) is 22.7 Å². The predicted molar refractivity (Wildman–Crippen MR) is 90.3 cm³/mol. The summed E-state index contributed by atoms with van der Waals surface area (Å²) < 4.78 is 10.8. The van der Waals surface area contributed by atoms with Crippen LogP contribution in [0, 0.1) is 0 Å². The summed E-state index contributed by atoms with van der Waals surface area (Å²) in [5.41, 5.74) is 1.18. The molecule has 3 rings (SSSR count). The van der Waals surface area contributed by atoms with Crippen molar-refractivity contribution < 1.29 is 13.9 Å². The number of anilines is 1. The molecule has 0 saturated carbocycles. The average molecular weight is 344 g/mol. The van der Waals surface area contributed by atoms with Crippen LogP contribution in [0.2, 0.25) is 5.02 Å². The standard InChI is InChI=1S/C17H14ClN3O3/c1-2-23-14-9-5-11(6-10-14)15(22)19-17-21-20-16(24-17)12-3-7-13(18)8-4-12/h3-10H,2H2,1H3,(H,19,21,22). The molecule has 122 valence electrons. The third-order valence-electron chi connectivity index (χ3n) is 3.16. The van der Waals surface area contributed by atoms with Crippen LogP contribution in [0.15, 0.2) is 52.9 Å². The van der Waals surface area contributed by atoms with Gasteiger partial charge in [0.25, 0.3) is 5.91 Å². The summed E-state index contributed by atoms with van der Waals surface area (Å²) in [5, 5.41) is 10.9. The zero-order chi connectivity index (χ0) is 16.9. The highest BCUT2D eigenvalue weighted by atomic mass is 35.5. The number of nitrogens with one attached hydrogen (secondary N) is 1. The van der Waals surface area contributed by atoms with Gasteiger partial charge < -0.3 is 9.15 Å². The Bertz CT molecular complexity index is 829. The Balaban J connectivity index is 1.69. The number of benzene rings is 2. The molecule has 0 spiro atoms. The zero-order valence-electron chi connectivity index (χ0n) is 12.8. The van der Waals surface area contributed by atoms with Gasteiger partial charge >= 0.3 is 6.01 Å². The van der Waals surface area contributed by atoms with Crippen molar-refractivity contribution in [2.24, 2.45) is 0 Å². The summed E-state index contributed by atoms with van der Waals surface area (Å²) in [6.45, 7) is 2.47. The SMILES string of the molecule is CCOc1ccc(C(=O)Nc2nnc(-c3ccc(Cl)cc3)o2)cc1. The van der Waals surface area contributed by atoms with Crippen LogP contribution in [0.5, 0.6) is 5.75 Å². The fourth-order valence-electron chi connectivity index (χ4n) is 2.02. The van der Waals surface area contributed by atoms with Gasteiger partial charge in [0.05, 0.1) is 6.61 Å². The smallest absolute Gasteiger partial charge is 0.322 e. The van der Waals surface area contributed by atoms with Crippen molar-refractivity contribution in [3.63, 3.8) is 0 Å². The number of hydrogen-bond donors (Lipinski definition) is 1. The number of carbonyl (C=O) groups is 1. The van der Waals surface area contributed by atoms with Crippen LogP contribution in [0.3, 0.4) is 0 Å². The van der Waals surface area contributed by atoms with E-state index in [-0.39, 0.29) is 11.9 Å². The fraction of sp³-hybridized carbons (Fsp3) is 0.118. The van der Waals surface area contributed by atoms with Gasteiger partial charge in [0.15, 0.2) is 0 Å². The first-order chi connectivity index (χ1) is 11.7. The molecule has 1 heterocycles. The third-order valence-corrected chi connectivity index (χ3v) is 3.42. The maximum absolute atomic E-state index is 12.2. The van der Waals surface area contributed by atoms with Gasteiger partial charge in [0.2, 0.25) is 5.89 Å². The highest BCUT2D eigenvalue weighted by molar-refractivity contribution is 6.30. The Labute approximate surface area is 143 Å². The molecule has 0 bridgehead atoms. The molecule has 1 aromatic heterocycles. The van der Waals surface area contributed by atoms with Gasteiger partial charge in [-0.25, -0.2) is 0 Å². The van der Waals surface area contributed by atoms with E-state index in [1.165, 1.54) is 0 Å². The summed E-state index contributed by atoms with van der Waals surface area (Å²) in [6.07, 6.45) is 0. The molecule has 7 heteroatoms.